The Kier molecular flexibility index (Phi) is 8.46. The Morgan fingerprint density at radius 1 is 0.857 bits per heavy atom. The minimum Gasteiger partial charge on any atom is -0.386 e. The van der Waals surface area contributed by atoms with Gasteiger partial charge in [-0.1, -0.05) is 6.92 Å². The summed E-state index contributed by atoms with van der Waals surface area (Å²) >= 11 is 0. The summed E-state index contributed by atoms with van der Waals surface area (Å²) in [5.41, 5.74) is -7.21. The molecule has 0 aromatic rings. The molecule has 0 saturated carbocycles. The van der Waals surface area contributed by atoms with Crippen LogP contribution in [0.1, 0.15) is 41.0 Å². The number of nitrogens with one attached hydrogen (secondary N) is 1. The van der Waals surface area contributed by atoms with Crippen LogP contribution >= 0.6 is 0 Å². The minimum absolute atomic E-state index is 0.271. The molecule has 0 aliphatic rings. The Hall–Kier alpha value is -2.34. The van der Waals surface area contributed by atoms with Gasteiger partial charge in [0, 0.05) is 13.3 Å². The fourth-order valence-corrected chi connectivity index (χ4v) is 2.67. The van der Waals surface area contributed by atoms with Crippen LogP contribution in [0.5, 0.6) is 0 Å². The Morgan fingerprint density at radius 3 is 1.57 bits per heavy atom. The zero-order chi connectivity index (χ0) is 22.6. The molecule has 0 fully saturated rings. The first-order valence-electron chi connectivity index (χ1n) is 8.28. The van der Waals surface area contributed by atoms with Crippen LogP contribution in [0.2, 0.25) is 0 Å². The van der Waals surface area contributed by atoms with Gasteiger partial charge in [0.2, 0.25) is 11.7 Å². The molecule has 11 nitrogen and oxygen atoms in total. The van der Waals surface area contributed by atoms with Gasteiger partial charge >= 0.3 is 0 Å². The Morgan fingerprint density at radius 2 is 1.29 bits per heavy atom. The zero-order valence-corrected chi connectivity index (χ0v) is 16.2. The van der Waals surface area contributed by atoms with E-state index < -0.39 is 64.3 Å². The molecule has 28 heavy (non-hydrogen) atoms. The lowest BCUT2D eigenvalue weighted by Gasteiger charge is -2.46. The molecule has 0 spiro atoms. The number of aliphatic hydroxyl groups is 4. The van der Waals surface area contributed by atoms with Crippen molar-refractivity contribution in [3.8, 4) is 0 Å². The second-order valence-electron chi connectivity index (χ2n) is 6.42. The summed E-state index contributed by atoms with van der Waals surface area (Å²) < 4.78 is 0. The normalized spacial score (nSPS) is 18.6. The van der Waals surface area contributed by atoms with Crippen molar-refractivity contribution in [1.29, 1.82) is 0 Å². The summed E-state index contributed by atoms with van der Waals surface area (Å²) in [4.78, 5) is 71.6. The van der Waals surface area contributed by atoms with Crippen molar-refractivity contribution in [1.82, 2.24) is 5.32 Å². The first-order valence-corrected chi connectivity index (χ1v) is 8.28. The predicted molar refractivity (Wildman–Crippen MR) is 91.9 cm³/mol. The number of carbonyl (C=O) groups excluding carboxylic acids is 6. The summed E-state index contributed by atoms with van der Waals surface area (Å²) in [6.45, 7) is 4.11. The van der Waals surface area contributed by atoms with E-state index >= 15 is 0 Å². The Balaban J connectivity index is 6.94. The van der Waals surface area contributed by atoms with Gasteiger partial charge in [0.05, 0.1) is 0 Å². The fraction of sp³-hybridized carbons (Fsp3) is 0.647. The molecular weight excluding hydrogens is 378 g/mol. The maximum atomic E-state index is 12.3. The summed E-state index contributed by atoms with van der Waals surface area (Å²) in [7, 11) is 0. The molecule has 0 radical (unpaired) electrons. The van der Waals surface area contributed by atoms with E-state index in [2.05, 4.69) is 0 Å². The van der Waals surface area contributed by atoms with Crippen LogP contribution in [0.4, 0.5) is 0 Å². The summed E-state index contributed by atoms with van der Waals surface area (Å²) in [5.74, 6) is -7.87. The first-order chi connectivity index (χ1) is 12.6. The van der Waals surface area contributed by atoms with Gasteiger partial charge in [-0.15, -0.1) is 0 Å². The number of ketones is 5. The molecule has 0 saturated heterocycles. The molecule has 5 atom stereocenters. The average Bonchev–Trinajstić information content (AvgIpc) is 2.61. The third-order valence-electron chi connectivity index (χ3n) is 4.45. The maximum absolute atomic E-state index is 12.3. The zero-order valence-electron chi connectivity index (χ0n) is 16.2. The van der Waals surface area contributed by atoms with Crippen molar-refractivity contribution in [2.75, 3.05) is 0 Å². The highest BCUT2D eigenvalue weighted by atomic mass is 16.4. The van der Waals surface area contributed by atoms with Crippen LogP contribution in [0.3, 0.4) is 0 Å². The fourth-order valence-electron chi connectivity index (χ4n) is 2.67. The first kappa shape index (κ1) is 25.7. The van der Waals surface area contributed by atoms with Gasteiger partial charge in [-0.25, -0.2) is 0 Å². The van der Waals surface area contributed by atoms with Crippen molar-refractivity contribution in [2.45, 2.75) is 70.5 Å². The van der Waals surface area contributed by atoms with Gasteiger partial charge in [0.25, 0.3) is 0 Å². The van der Waals surface area contributed by atoms with Gasteiger partial charge in [0.1, 0.15) is 18.2 Å². The van der Waals surface area contributed by atoms with Crippen LogP contribution in [0.15, 0.2) is 0 Å². The van der Waals surface area contributed by atoms with Gasteiger partial charge in [0.15, 0.2) is 34.3 Å². The van der Waals surface area contributed by atoms with E-state index in [1.807, 2.05) is 5.32 Å². The standard InChI is InChI=1S/C17H25NO10/c1-6-11(23)18-14(12(24)7(2)19)16(27,9(4)21)17(28,10(5)22)15(26)13(25)8(3)20/h13-15,25-28H,6H2,1-5H3,(H,18,23)/t13?,14-,15+,16+,17+/m0/s1. The summed E-state index contributed by atoms with van der Waals surface area (Å²) in [5, 5.41) is 43.8. The lowest BCUT2D eigenvalue weighted by atomic mass is 9.66. The molecule has 0 aliphatic carbocycles. The van der Waals surface area contributed by atoms with Gasteiger partial charge in [-0.3, -0.25) is 28.8 Å². The number of amides is 1. The van der Waals surface area contributed by atoms with Crippen LogP contribution in [0.25, 0.3) is 0 Å². The van der Waals surface area contributed by atoms with Gasteiger partial charge < -0.3 is 25.7 Å². The molecule has 0 rings (SSSR count). The number of hydrogen-bond donors (Lipinski definition) is 5. The molecule has 11 heteroatoms. The van der Waals surface area contributed by atoms with E-state index in [9.17, 15) is 49.2 Å². The maximum Gasteiger partial charge on any atom is 0.223 e. The van der Waals surface area contributed by atoms with E-state index in [0.717, 1.165) is 13.8 Å². The SMILES string of the molecule is CCC(=O)N[C@@H](C(=O)C(C)=O)[C@](O)(C(C)=O)[C@@](O)(C(C)=O)[C@H](O)C(O)C(C)=O. The van der Waals surface area contributed by atoms with E-state index in [-0.39, 0.29) is 6.42 Å². The number of hydrogen-bond acceptors (Lipinski definition) is 10. The van der Waals surface area contributed by atoms with Crippen LogP contribution in [-0.4, -0.2) is 84.7 Å². The molecule has 1 unspecified atom stereocenters. The summed E-state index contributed by atoms with van der Waals surface area (Å²) in [6.07, 6.45) is -5.47. The van der Waals surface area contributed by atoms with Crippen LogP contribution in [-0.2, 0) is 28.8 Å². The van der Waals surface area contributed by atoms with Gasteiger partial charge in [-0.2, -0.15) is 0 Å². The monoisotopic (exact) mass is 403 g/mol. The Bertz CT molecular complexity index is 702. The molecule has 5 N–H and O–H groups in total. The van der Waals surface area contributed by atoms with Crippen molar-refractivity contribution >= 4 is 34.8 Å². The van der Waals surface area contributed by atoms with Gasteiger partial charge in [-0.05, 0) is 20.8 Å². The number of Topliss-reactive ketones (excluding diaryl/α,β-unsaturated/α-hetero) is 5. The topological polar surface area (TPSA) is 195 Å². The van der Waals surface area contributed by atoms with Crippen LogP contribution in [0, 0.1) is 0 Å². The number of aliphatic hydroxyl groups excluding tert-OH is 2. The number of rotatable bonds is 11. The predicted octanol–water partition coefficient (Wildman–Crippen LogP) is -3.01. The van der Waals surface area contributed by atoms with Crippen molar-refractivity contribution in [3.05, 3.63) is 0 Å². The highest BCUT2D eigenvalue weighted by Gasteiger charge is 2.67. The Labute approximate surface area is 160 Å². The van der Waals surface area contributed by atoms with E-state index in [4.69, 9.17) is 0 Å². The van der Waals surface area contributed by atoms with Crippen LogP contribution < -0.4 is 5.32 Å². The van der Waals surface area contributed by atoms with Crippen molar-refractivity contribution in [2.24, 2.45) is 0 Å². The average molecular weight is 403 g/mol. The molecule has 0 heterocycles. The lowest BCUT2D eigenvalue weighted by molar-refractivity contribution is -0.221. The van der Waals surface area contributed by atoms with E-state index in [1.54, 1.807) is 0 Å². The highest BCUT2D eigenvalue weighted by molar-refractivity contribution is 6.39. The molecule has 0 bridgehead atoms. The van der Waals surface area contributed by atoms with Crippen molar-refractivity contribution < 1.29 is 49.2 Å². The third-order valence-corrected chi connectivity index (χ3v) is 4.45. The number of carbonyl (C=O) groups is 6. The van der Waals surface area contributed by atoms with E-state index in [0.29, 0.717) is 13.8 Å². The summed E-state index contributed by atoms with van der Waals surface area (Å²) in [6, 6.07) is -2.47. The largest absolute Gasteiger partial charge is 0.386 e. The molecule has 0 aliphatic heterocycles. The second-order valence-corrected chi connectivity index (χ2v) is 6.42. The third kappa shape index (κ3) is 4.38. The van der Waals surface area contributed by atoms with E-state index in [1.165, 1.54) is 6.92 Å². The molecule has 1 amide bonds. The van der Waals surface area contributed by atoms with Crippen molar-refractivity contribution in [3.63, 3.8) is 0 Å². The molecule has 0 aromatic carbocycles. The minimum atomic E-state index is -3.62. The second kappa shape index (κ2) is 9.24. The highest BCUT2D eigenvalue weighted by Crippen LogP contribution is 2.34. The smallest absolute Gasteiger partial charge is 0.223 e. The molecule has 158 valence electrons. The quantitative estimate of drug-likeness (QED) is 0.222. The lowest BCUT2D eigenvalue weighted by Crippen LogP contribution is -2.79. The molecular formula is C17H25NO10. The molecule has 0 aromatic heterocycles.